The summed E-state index contributed by atoms with van der Waals surface area (Å²) in [6.45, 7) is 4.62. The molecule has 178 valence electrons. The Morgan fingerprint density at radius 2 is 1.76 bits per heavy atom. The molecule has 1 aliphatic rings. The van der Waals surface area contributed by atoms with Crippen molar-refractivity contribution in [1.82, 2.24) is 14.1 Å². The quantitative estimate of drug-likeness (QED) is 0.578. The molecule has 2 aromatic carbocycles. The van der Waals surface area contributed by atoms with Crippen LogP contribution in [-0.4, -0.2) is 54.7 Å². The maximum Gasteiger partial charge on any atom is 0.267 e. The normalized spacial score (nSPS) is 15.6. The minimum atomic E-state index is -3.71. The predicted molar refractivity (Wildman–Crippen MR) is 128 cm³/mol. The molecule has 0 radical (unpaired) electrons. The molecule has 1 saturated heterocycles. The van der Waals surface area contributed by atoms with Gasteiger partial charge >= 0.3 is 0 Å². The number of benzene rings is 2. The molecule has 10 heteroatoms. The highest BCUT2D eigenvalue weighted by atomic mass is 32.2. The van der Waals surface area contributed by atoms with Gasteiger partial charge in [-0.2, -0.15) is 9.40 Å². The highest BCUT2D eigenvalue weighted by Gasteiger charge is 2.28. The van der Waals surface area contributed by atoms with Gasteiger partial charge in [0.05, 0.1) is 23.8 Å². The molecule has 0 unspecified atom stereocenters. The van der Waals surface area contributed by atoms with Gasteiger partial charge in [-0.15, -0.1) is 0 Å². The number of anilines is 1. The van der Waals surface area contributed by atoms with E-state index in [-0.39, 0.29) is 4.90 Å². The molecule has 0 aliphatic carbocycles. The van der Waals surface area contributed by atoms with Gasteiger partial charge in [0.25, 0.3) is 5.56 Å². The van der Waals surface area contributed by atoms with Crippen molar-refractivity contribution >= 4 is 21.6 Å². The van der Waals surface area contributed by atoms with E-state index in [4.69, 9.17) is 4.74 Å². The lowest BCUT2D eigenvalue weighted by molar-refractivity contribution is -0.119. The monoisotopic (exact) mass is 482 g/mol. The van der Waals surface area contributed by atoms with E-state index in [0.29, 0.717) is 48.8 Å². The molecule has 1 aliphatic heterocycles. The summed E-state index contributed by atoms with van der Waals surface area (Å²) >= 11 is 0. The van der Waals surface area contributed by atoms with E-state index in [1.54, 1.807) is 56.3 Å². The summed E-state index contributed by atoms with van der Waals surface area (Å²) in [6.07, 6.45) is 0. The van der Waals surface area contributed by atoms with E-state index in [0.717, 1.165) is 4.68 Å². The average molecular weight is 483 g/mol. The number of amides is 1. The van der Waals surface area contributed by atoms with Crippen molar-refractivity contribution in [2.45, 2.75) is 24.8 Å². The van der Waals surface area contributed by atoms with Crippen LogP contribution >= 0.6 is 0 Å². The summed E-state index contributed by atoms with van der Waals surface area (Å²) in [4.78, 5) is 25.4. The van der Waals surface area contributed by atoms with Gasteiger partial charge in [0.2, 0.25) is 15.9 Å². The minimum absolute atomic E-state index is 0.182. The molecule has 1 amide bonds. The third-order valence-electron chi connectivity index (χ3n) is 5.68. The Balaban J connectivity index is 1.65. The number of hydrogen-bond acceptors (Lipinski definition) is 6. The van der Waals surface area contributed by atoms with Crippen LogP contribution in [0.3, 0.4) is 0 Å². The lowest BCUT2D eigenvalue weighted by Gasteiger charge is -2.26. The number of aryl methyl sites for hydroxylation is 1. The van der Waals surface area contributed by atoms with E-state index >= 15 is 0 Å². The standard InChI is InChI=1S/C24H26N4O5S/c1-17-8-9-19(16-22(17)34(31,32)27-12-14-33-15-13-27)21-10-11-23(29)28(26-21)18(2)24(30)25-20-6-4-3-5-7-20/h3-11,16,18H,12-15H2,1-2H3,(H,25,30)/t18-/m0/s1. The van der Waals surface area contributed by atoms with Gasteiger partial charge in [-0.05, 0) is 43.7 Å². The third kappa shape index (κ3) is 4.93. The number of carbonyl (C=O) groups is 1. The Morgan fingerprint density at radius 1 is 1.06 bits per heavy atom. The number of para-hydroxylation sites is 1. The highest BCUT2D eigenvalue weighted by Crippen LogP contribution is 2.26. The lowest BCUT2D eigenvalue weighted by Crippen LogP contribution is -2.40. The molecule has 1 atom stereocenters. The molecule has 4 rings (SSSR count). The Bertz CT molecular complexity index is 1350. The SMILES string of the molecule is Cc1ccc(-c2ccc(=O)n([C@@H](C)C(=O)Nc3ccccc3)n2)cc1S(=O)(=O)N1CCOCC1. The fourth-order valence-electron chi connectivity index (χ4n) is 3.70. The molecule has 2 heterocycles. The number of hydrogen-bond donors (Lipinski definition) is 1. The maximum absolute atomic E-state index is 13.2. The number of sulfonamides is 1. The second-order valence-electron chi connectivity index (χ2n) is 8.03. The fourth-order valence-corrected chi connectivity index (χ4v) is 5.36. The smallest absolute Gasteiger partial charge is 0.267 e. The number of carbonyl (C=O) groups excluding carboxylic acids is 1. The van der Waals surface area contributed by atoms with Crippen LogP contribution in [-0.2, 0) is 19.6 Å². The summed E-state index contributed by atoms with van der Waals surface area (Å²) < 4.78 is 34.2. The molecule has 1 fully saturated rings. The zero-order valence-corrected chi connectivity index (χ0v) is 19.8. The van der Waals surface area contributed by atoms with Gasteiger partial charge < -0.3 is 10.1 Å². The van der Waals surface area contributed by atoms with Crippen LogP contribution in [0.5, 0.6) is 0 Å². The van der Waals surface area contributed by atoms with Crippen LogP contribution in [0.2, 0.25) is 0 Å². The van der Waals surface area contributed by atoms with Crippen molar-refractivity contribution in [1.29, 1.82) is 0 Å². The number of rotatable bonds is 6. The second kappa shape index (κ2) is 9.88. The molecule has 0 bridgehead atoms. The summed E-state index contributed by atoms with van der Waals surface area (Å²) in [5.41, 5.74) is 1.70. The fraction of sp³-hybridized carbons (Fsp3) is 0.292. The molecular formula is C24H26N4O5S. The van der Waals surface area contributed by atoms with Crippen molar-refractivity contribution in [3.8, 4) is 11.3 Å². The molecule has 1 aromatic heterocycles. The topological polar surface area (TPSA) is 111 Å². The summed E-state index contributed by atoms with van der Waals surface area (Å²) in [5.74, 6) is -0.391. The first-order valence-corrected chi connectivity index (χ1v) is 12.4. The molecule has 1 N–H and O–H groups in total. The highest BCUT2D eigenvalue weighted by molar-refractivity contribution is 7.89. The van der Waals surface area contributed by atoms with Crippen molar-refractivity contribution in [3.63, 3.8) is 0 Å². The van der Waals surface area contributed by atoms with E-state index in [2.05, 4.69) is 10.4 Å². The molecular weight excluding hydrogens is 456 g/mol. The summed E-state index contributed by atoms with van der Waals surface area (Å²) in [6, 6.07) is 15.9. The van der Waals surface area contributed by atoms with Crippen LogP contribution in [0.15, 0.2) is 70.4 Å². The van der Waals surface area contributed by atoms with Crippen molar-refractivity contribution in [3.05, 3.63) is 76.6 Å². The van der Waals surface area contributed by atoms with Crippen molar-refractivity contribution < 1.29 is 17.9 Å². The zero-order valence-electron chi connectivity index (χ0n) is 19.0. The molecule has 3 aromatic rings. The van der Waals surface area contributed by atoms with Crippen LogP contribution in [0.25, 0.3) is 11.3 Å². The third-order valence-corrected chi connectivity index (χ3v) is 7.73. The summed E-state index contributed by atoms with van der Waals surface area (Å²) in [5, 5.41) is 7.15. The molecule has 0 saturated carbocycles. The molecule has 9 nitrogen and oxygen atoms in total. The largest absolute Gasteiger partial charge is 0.379 e. The maximum atomic E-state index is 13.2. The van der Waals surface area contributed by atoms with Gasteiger partial charge in [0.1, 0.15) is 6.04 Å². The van der Waals surface area contributed by atoms with Crippen LogP contribution < -0.4 is 10.9 Å². The zero-order chi connectivity index (χ0) is 24.3. The van der Waals surface area contributed by atoms with Crippen LogP contribution in [0.1, 0.15) is 18.5 Å². The van der Waals surface area contributed by atoms with Gasteiger partial charge in [0, 0.05) is 30.4 Å². The first kappa shape index (κ1) is 23.8. The van der Waals surface area contributed by atoms with Gasteiger partial charge in [-0.25, -0.2) is 13.1 Å². The summed E-state index contributed by atoms with van der Waals surface area (Å²) in [7, 11) is -3.71. The first-order chi connectivity index (χ1) is 16.3. The van der Waals surface area contributed by atoms with Crippen LogP contribution in [0.4, 0.5) is 5.69 Å². The molecule has 34 heavy (non-hydrogen) atoms. The number of nitrogens with zero attached hydrogens (tertiary/aromatic N) is 3. The van der Waals surface area contributed by atoms with E-state index < -0.39 is 27.5 Å². The van der Waals surface area contributed by atoms with Crippen molar-refractivity contribution in [2.75, 3.05) is 31.6 Å². The number of morpholine rings is 1. The van der Waals surface area contributed by atoms with Crippen molar-refractivity contribution in [2.24, 2.45) is 0 Å². The van der Waals surface area contributed by atoms with Crippen LogP contribution in [0, 0.1) is 6.92 Å². The van der Waals surface area contributed by atoms with Gasteiger partial charge in [-0.3, -0.25) is 9.59 Å². The average Bonchev–Trinajstić information content (AvgIpc) is 2.85. The van der Waals surface area contributed by atoms with E-state index in [1.165, 1.54) is 16.4 Å². The predicted octanol–water partition coefficient (Wildman–Crippen LogP) is 2.44. The van der Waals surface area contributed by atoms with Gasteiger partial charge in [0.15, 0.2) is 0 Å². The first-order valence-electron chi connectivity index (χ1n) is 10.9. The second-order valence-corrected chi connectivity index (χ2v) is 9.94. The van der Waals surface area contributed by atoms with Gasteiger partial charge in [-0.1, -0.05) is 30.3 Å². The Kier molecular flexibility index (Phi) is 6.92. The Morgan fingerprint density at radius 3 is 2.47 bits per heavy atom. The minimum Gasteiger partial charge on any atom is -0.379 e. The lowest BCUT2D eigenvalue weighted by atomic mass is 10.1. The molecule has 0 spiro atoms. The number of nitrogens with one attached hydrogen (secondary N) is 1. The van der Waals surface area contributed by atoms with E-state index in [9.17, 15) is 18.0 Å². The number of aromatic nitrogens is 2. The number of ether oxygens (including phenoxy) is 1. The Hall–Kier alpha value is -3.34. The van der Waals surface area contributed by atoms with E-state index in [1.807, 2.05) is 6.07 Å². The Labute approximate surface area is 198 Å².